The average molecular weight is 480 g/mol. The first-order valence-corrected chi connectivity index (χ1v) is 12.5. The van der Waals surface area contributed by atoms with Crippen LogP contribution in [0.5, 0.6) is 0 Å². The molecule has 1 saturated carbocycles. The van der Waals surface area contributed by atoms with Gasteiger partial charge in [-0.25, -0.2) is 0 Å². The summed E-state index contributed by atoms with van der Waals surface area (Å²) in [5.74, 6) is -0.519. The standard InChI is InChI=1S/C27H33N3O5/c31-26-23(28-24(27(32)33)16-12-19-6-2-1-3-7-19)17-13-21-8-4-5-9-25(21)29(26)18-20-10-14-22(15-11-20)30(34)35/h4-5,8-11,14-15,19,23-24,28H,1-3,6-7,12-13,16-18H2,(H,32,33)/t23?,24-/m0/s1. The number of aryl methyl sites for hydroxylation is 1. The lowest BCUT2D eigenvalue weighted by Gasteiger charge is -2.29. The van der Waals surface area contributed by atoms with Crippen molar-refractivity contribution in [1.29, 1.82) is 0 Å². The Morgan fingerprint density at radius 2 is 1.80 bits per heavy atom. The summed E-state index contributed by atoms with van der Waals surface area (Å²) in [4.78, 5) is 38.0. The maximum absolute atomic E-state index is 13.7. The molecule has 1 heterocycles. The fourth-order valence-corrected chi connectivity index (χ4v) is 5.34. The van der Waals surface area contributed by atoms with Crippen molar-refractivity contribution in [3.63, 3.8) is 0 Å². The molecule has 1 amide bonds. The van der Waals surface area contributed by atoms with Crippen molar-refractivity contribution >= 4 is 23.3 Å². The topological polar surface area (TPSA) is 113 Å². The van der Waals surface area contributed by atoms with Crippen LogP contribution in [0.25, 0.3) is 0 Å². The van der Waals surface area contributed by atoms with Crippen molar-refractivity contribution in [2.24, 2.45) is 5.92 Å². The summed E-state index contributed by atoms with van der Waals surface area (Å²) in [6, 6.07) is 12.5. The molecule has 8 heteroatoms. The largest absolute Gasteiger partial charge is 0.480 e. The normalized spacial score (nSPS) is 19.6. The van der Waals surface area contributed by atoms with Gasteiger partial charge in [0.15, 0.2) is 0 Å². The van der Waals surface area contributed by atoms with Crippen LogP contribution in [-0.4, -0.2) is 34.0 Å². The number of carbonyl (C=O) groups excluding carboxylic acids is 1. The Morgan fingerprint density at radius 1 is 1.09 bits per heavy atom. The molecule has 0 saturated heterocycles. The second-order valence-electron chi connectivity index (χ2n) is 9.71. The van der Waals surface area contributed by atoms with Gasteiger partial charge in [-0.15, -0.1) is 0 Å². The summed E-state index contributed by atoms with van der Waals surface area (Å²) in [5, 5.41) is 24.1. The zero-order valence-corrected chi connectivity index (χ0v) is 19.9. The highest BCUT2D eigenvalue weighted by atomic mass is 16.6. The number of amides is 1. The fourth-order valence-electron chi connectivity index (χ4n) is 5.34. The molecule has 0 radical (unpaired) electrons. The van der Waals surface area contributed by atoms with E-state index in [4.69, 9.17) is 0 Å². The highest BCUT2D eigenvalue weighted by Gasteiger charge is 2.33. The van der Waals surface area contributed by atoms with Crippen molar-refractivity contribution in [2.75, 3.05) is 4.90 Å². The van der Waals surface area contributed by atoms with Gasteiger partial charge in [-0.1, -0.05) is 62.4 Å². The molecule has 35 heavy (non-hydrogen) atoms. The third-order valence-corrected chi connectivity index (χ3v) is 7.33. The summed E-state index contributed by atoms with van der Waals surface area (Å²) in [5.41, 5.74) is 2.60. The molecule has 1 unspecified atom stereocenters. The van der Waals surface area contributed by atoms with Crippen LogP contribution in [0, 0.1) is 16.0 Å². The van der Waals surface area contributed by atoms with E-state index in [0.717, 1.165) is 36.1 Å². The molecule has 0 spiro atoms. The fraction of sp³-hybridized carbons (Fsp3) is 0.481. The first-order chi connectivity index (χ1) is 16.9. The number of rotatable bonds is 9. The SMILES string of the molecule is O=C(O)[C@H](CCC1CCCCC1)NC1CCc2ccccc2N(Cc2ccc([N+](=O)[O-])cc2)C1=O. The number of carbonyl (C=O) groups is 2. The minimum atomic E-state index is -0.919. The number of anilines is 1. The lowest BCUT2D eigenvalue weighted by atomic mass is 9.85. The second kappa shape index (κ2) is 11.4. The van der Waals surface area contributed by atoms with Crippen LogP contribution < -0.4 is 10.2 Å². The zero-order valence-electron chi connectivity index (χ0n) is 19.9. The van der Waals surface area contributed by atoms with E-state index in [1.165, 1.54) is 31.4 Å². The smallest absolute Gasteiger partial charge is 0.320 e. The predicted octanol–water partition coefficient (Wildman–Crippen LogP) is 4.85. The summed E-state index contributed by atoms with van der Waals surface area (Å²) >= 11 is 0. The molecule has 2 aliphatic rings. The van der Waals surface area contributed by atoms with Crippen molar-refractivity contribution in [1.82, 2.24) is 5.32 Å². The summed E-state index contributed by atoms with van der Waals surface area (Å²) in [6.07, 6.45) is 8.56. The van der Waals surface area contributed by atoms with Gasteiger partial charge >= 0.3 is 5.97 Å². The quantitative estimate of drug-likeness (QED) is 0.393. The number of nitrogens with one attached hydrogen (secondary N) is 1. The molecular weight excluding hydrogens is 446 g/mol. The predicted molar refractivity (Wildman–Crippen MR) is 133 cm³/mol. The molecule has 0 bridgehead atoms. The Balaban J connectivity index is 1.51. The van der Waals surface area contributed by atoms with Crippen LogP contribution in [-0.2, 0) is 22.6 Å². The number of fused-ring (bicyclic) bond motifs is 1. The number of hydrogen-bond acceptors (Lipinski definition) is 5. The molecule has 1 aliphatic carbocycles. The molecular formula is C27H33N3O5. The van der Waals surface area contributed by atoms with Crippen LogP contribution in [0.15, 0.2) is 48.5 Å². The Morgan fingerprint density at radius 3 is 2.49 bits per heavy atom. The van der Waals surface area contributed by atoms with E-state index < -0.39 is 23.0 Å². The number of para-hydroxylation sites is 1. The second-order valence-corrected chi connectivity index (χ2v) is 9.71. The first-order valence-electron chi connectivity index (χ1n) is 12.5. The molecule has 8 nitrogen and oxygen atoms in total. The number of carboxylic acids is 1. The highest BCUT2D eigenvalue weighted by Crippen LogP contribution is 2.30. The summed E-state index contributed by atoms with van der Waals surface area (Å²) in [7, 11) is 0. The molecule has 2 aromatic carbocycles. The van der Waals surface area contributed by atoms with Crippen molar-refractivity contribution < 1.29 is 19.6 Å². The third-order valence-electron chi connectivity index (χ3n) is 7.33. The number of nitro benzene ring substituents is 1. The number of nitro groups is 1. The number of hydrogen-bond donors (Lipinski definition) is 2. The van der Waals surface area contributed by atoms with Crippen molar-refractivity contribution in [3.05, 3.63) is 69.8 Å². The Bertz CT molecular complexity index is 1050. The van der Waals surface area contributed by atoms with Gasteiger partial charge in [0.1, 0.15) is 6.04 Å². The van der Waals surface area contributed by atoms with Gasteiger partial charge in [0.05, 0.1) is 17.5 Å². The minimum absolute atomic E-state index is 0.00171. The monoisotopic (exact) mass is 479 g/mol. The molecule has 1 fully saturated rings. The zero-order chi connectivity index (χ0) is 24.8. The van der Waals surface area contributed by atoms with Crippen LogP contribution >= 0.6 is 0 Å². The molecule has 0 aromatic heterocycles. The number of benzene rings is 2. The molecule has 2 aromatic rings. The number of carboxylic acid groups (broad SMARTS) is 1. The van der Waals surface area contributed by atoms with E-state index in [2.05, 4.69) is 5.32 Å². The number of nitrogens with zero attached hydrogens (tertiary/aromatic N) is 2. The Labute approximate surface area is 205 Å². The maximum atomic E-state index is 13.7. The minimum Gasteiger partial charge on any atom is -0.480 e. The van der Waals surface area contributed by atoms with Gasteiger partial charge in [0, 0.05) is 17.8 Å². The van der Waals surface area contributed by atoms with E-state index in [9.17, 15) is 24.8 Å². The first kappa shape index (κ1) is 24.9. The molecule has 1 aliphatic heterocycles. The van der Waals surface area contributed by atoms with E-state index >= 15 is 0 Å². The van der Waals surface area contributed by atoms with Gasteiger partial charge in [0.25, 0.3) is 5.69 Å². The van der Waals surface area contributed by atoms with Gasteiger partial charge in [0.2, 0.25) is 5.91 Å². The summed E-state index contributed by atoms with van der Waals surface area (Å²) in [6.45, 7) is 0.256. The molecule has 186 valence electrons. The van der Waals surface area contributed by atoms with Crippen molar-refractivity contribution in [2.45, 2.75) is 76.4 Å². The average Bonchev–Trinajstić information content (AvgIpc) is 2.99. The lowest BCUT2D eigenvalue weighted by Crippen LogP contribution is -2.51. The summed E-state index contributed by atoms with van der Waals surface area (Å²) < 4.78 is 0. The van der Waals surface area contributed by atoms with E-state index in [-0.39, 0.29) is 18.1 Å². The van der Waals surface area contributed by atoms with Crippen LogP contribution in [0.1, 0.15) is 62.5 Å². The maximum Gasteiger partial charge on any atom is 0.320 e. The van der Waals surface area contributed by atoms with E-state index in [1.807, 2.05) is 24.3 Å². The lowest BCUT2D eigenvalue weighted by molar-refractivity contribution is -0.384. The third kappa shape index (κ3) is 6.25. The van der Waals surface area contributed by atoms with E-state index in [1.54, 1.807) is 17.0 Å². The van der Waals surface area contributed by atoms with Gasteiger partial charge in [-0.2, -0.15) is 0 Å². The Hall–Kier alpha value is -3.26. The van der Waals surface area contributed by atoms with Gasteiger partial charge in [-0.05, 0) is 48.8 Å². The van der Waals surface area contributed by atoms with Gasteiger partial charge in [-0.3, -0.25) is 25.0 Å². The molecule has 2 atom stereocenters. The molecule has 2 N–H and O–H groups in total. The van der Waals surface area contributed by atoms with Crippen molar-refractivity contribution in [3.8, 4) is 0 Å². The van der Waals surface area contributed by atoms with Crippen LogP contribution in [0.4, 0.5) is 11.4 Å². The number of aliphatic carboxylic acids is 1. The highest BCUT2D eigenvalue weighted by molar-refractivity contribution is 5.98. The van der Waals surface area contributed by atoms with E-state index in [0.29, 0.717) is 25.2 Å². The molecule has 4 rings (SSSR count). The van der Waals surface area contributed by atoms with Gasteiger partial charge < -0.3 is 10.0 Å². The van der Waals surface area contributed by atoms with Crippen LogP contribution in [0.3, 0.4) is 0 Å². The Kier molecular flexibility index (Phi) is 8.13. The van der Waals surface area contributed by atoms with Crippen LogP contribution in [0.2, 0.25) is 0 Å². The number of non-ortho nitro benzene ring substituents is 1.